The number of nitrogens with one attached hydrogen (secondary N) is 3. The average Bonchev–Trinajstić information content (AvgIpc) is 3.10. The number of aromatic nitrogens is 2. The normalized spacial score (nSPS) is 13.5. The number of halogens is 1. The number of rotatable bonds is 5. The molecular formula is C17H19ClN6O3S. The summed E-state index contributed by atoms with van der Waals surface area (Å²) in [6.45, 7) is 1.99. The van der Waals surface area contributed by atoms with Crippen molar-refractivity contribution in [3.63, 3.8) is 0 Å². The van der Waals surface area contributed by atoms with Gasteiger partial charge in [0.25, 0.3) is 5.91 Å². The van der Waals surface area contributed by atoms with Gasteiger partial charge in [0.2, 0.25) is 0 Å². The summed E-state index contributed by atoms with van der Waals surface area (Å²) in [6.07, 6.45) is 2.25. The molecule has 3 rings (SSSR count). The van der Waals surface area contributed by atoms with E-state index in [9.17, 15) is 14.4 Å². The lowest BCUT2D eigenvalue weighted by Gasteiger charge is -2.20. The first-order valence-corrected chi connectivity index (χ1v) is 9.78. The summed E-state index contributed by atoms with van der Waals surface area (Å²) < 4.78 is 0. The van der Waals surface area contributed by atoms with Gasteiger partial charge in [-0.05, 0) is 25.6 Å². The smallest absolute Gasteiger partial charge is 0.314 e. The Labute approximate surface area is 170 Å². The van der Waals surface area contributed by atoms with Gasteiger partial charge in [0, 0.05) is 37.3 Å². The maximum Gasteiger partial charge on any atom is 0.314 e. The number of hydrogen-bond donors (Lipinski definition) is 3. The van der Waals surface area contributed by atoms with E-state index in [1.807, 2.05) is 7.05 Å². The second-order valence-corrected chi connectivity index (χ2v) is 7.72. The largest absolute Gasteiger partial charge is 0.348 e. The van der Waals surface area contributed by atoms with Gasteiger partial charge in [0.15, 0.2) is 5.01 Å². The van der Waals surface area contributed by atoms with E-state index in [-0.39, 0.29) is 24.8 Å². The van der Waals surface area contributed by atoms with Crippen molar-refractivity contribution < 1.29 is 14.4 Å². The molecule has 0 saturated heterocycles. The van der Waals surface area contributed by atoms with Crippen LogP contribution in [0, 0.1) is 0 Å². The van der Waals surface area contributed by atoms with Crippen LogP contribution in [-0.2, 0) is 22.6 Å². The van der Waals surface area contributed by atoms with Crippen molar-refractivity contribution in [1.29, 1.82) is 0 Å². The quantitative estimate of drug-likeness (QED) is 0.481. The van der Waals surface area contributed by atoms with E-state index in [1.54, 1.807) is 6.07 Å². The summed E-state index contributed by atoms with van der Waals surface area (Å²) in [5, 5.41) is 8.32. The van der Waals surface area contributed by atoms with Crippen LogP contribution >= 0.6 is 22.9 Å². The fraction of sp³-hybridized carbons (Fsp3) is 0.353. The highest BCUT2D eigenvalue weighted by atomic mass is 35.5. The lowest BCUT2D eigenvalue weighted by atomic mass is 10.2. The third-order valence-corrected chi connectivity index (χ3v) is 5.36. The fourth-order valence-electron chi connectivity index (χ4n) is 2.56. The van der Waals surface area contributed by atoms with Crippen LogP contribution in [0.15, 0.2) is 18.3 Å². The Morgan fingerprint density at radius 3 is 2.75 bits per heavy atom. The number of likely N-dealkylation sites (N-methyl/N-ethyl adjacent to an activating group) is 1. The van der Waals surface area contributed by atoms with Gasteiger partial charge >= 0.3 is 11.8 Å². The average molecular weight is 423 g/mol. The molecule has 0 aromatic carbocycles. The van der Waals surface area contributed by atoms with Crippen LogP contribution in [-0.4, -0.2) is 59.3 Å². The van der Waals surface area contributed by atoms with Crippen LogP contribution in [0.1, 0.15) is 20.4 Å². The molecule has 2 aromatic rings. The summed E-state index contributed by atoms with van der Waals surface area (Å²) in [5.41, 5.74) is 0.949. The molecular weight excluding hydrogens is 404 g/mol. The van der Waals surface area contributed by atoms with Gasteiger partial charge in [0.05, 0.1) is 10.7 Å². The van der Waals surface area contributed by atoms with Gasteiger partial charge in [-0.2, -0.15) is 0 Å². The van der Waals surface area contributed by atoms with Gasteiger partial charge in [-0.3, -0.25) is 14.4 Å². The Balaban J connectivity index is 1.40. The van der Waals surface area contributed by atoms with Crippen molar-refractivity contribution in [3.8, 4) is 0 Å². The van der Waals surface area contributed by atoms with Gasteiger partial charge in [-0.25, -0.2) is 9.97 Å². The zero-order valence-corrected chi connectivity index (χ0v) is 16.7. The van der Waals surface area contributed by atoms with Crippen molar-refractivity contribution in [2.45, 2.75) is 13.0 Å². The first kappa shape index (κ1) is 20.2. The van der Waals surface area contributed by atoms with Crippen LogP contribution in [0.3, 0.4) is 0 Å². The summed E-state index contributed by atoms with van der Waals surface area (Å²) in [4.78, 5) is 47.3. The zero-order valence-electron chi connectivity index (χ0n) is 15.1. The molecule has 3 heterocycles. The molecule has 11 heteroatoms. The lowest BCUT2D eigenvalue weighted by Crippen LogP contribution is -2.40. The molecule has 0 unspecified atom stereocenters. The molecule has 28 heavy (non-hydrogen) atoms. The second kappa shape index (κ2) is 9.09. The van der Waals surface area contributed by atoms with Gasteiger partial charge in [0.1, 0.15) is 5.82 Å². The highest BCUT2D eigenvalue weighted by molar-refractivity contribution is 7.13. The number of nitrogens with zero attached hydrogens (tertiary/aromatic N) is 3. The van der Waals surface area contributed by atoms with Crippen molar-refractivity contribution in [3.05, 3.63) is 38.9 Å². The molecule has 2 aromatic heterocycles. The number of hydrogen-bond acceptors (Lipinski definition) is 7. The number of thiazole rings is 1. The van der Waals surface area contributed by atoms with Crippen molar-refractivity contribution in [2.24, 2.45) is 0 Å². The SMILES string of the molecule is CN1CCc2sc(C(=O)NCCNC(=O)C(=O)Nc3ccc(Cl)cn3)nc2C1. The molecule has 3 amide bonds. The maximum atomic E-state index is 12.2. The maximum absolute atomic E-state index is 12.2. The summed E-state index contributed by atoms with van der Waals surface area (Å²) >= 11 is 7.11. The van der Waals surface area contributed by atoms with E-state index < -0.39 is 11.8 Å². The first-order chi connectivity index (χ1) is 13.4. The van der Waals surface area contributed by atoms with Crippen LogP contribution in [0.25, 0.3) is 0 Å². The van der Waals surface area contributed by atoms with Crippen molar-refractivity contribution in [1.82, 2.24) is 25.5 Å². The molecule has 1 aliphatic heterocycles. The van der Waals surface area contributed by atoms with E-state index in [4.69, 9.17) is 11.6 Å². The monoisotopic (exact) mass is 422 g/mol. The van der Waals surface area contributed by atoms with E-state index in [2.05, 4.69) is 30.8 Å². The third-order valence-electron chi connectivity index (χ3n) is 3.98. The van der Waals surface area contributed by atoms with Gasteiger partial charge in [-0.15, -0.1) is 11.3 Å². The predicted molar refractivity (Wildman–Crippen MR) is 105 cm³/mol. The Morgan fingerprint density at radius 2 is 2.00 bits per heavy atom. The Hall–Kier alpha value is -2.56. The molecule has 3 N–H and O–H groups in total. The number of pyridine rings is 1. The molecule has 0 radical (unpaired) electrons. The van der Waals surface area contributed by atoms with Crippen LogP contribution in [0.2, 0.25) is 5.02 Å². The van der Waals surface area contributed by atoms with Crippen LogP contribution < -0.4 is 16.0 Å². The summed E-state index contributed by atoms with van der Waals surface area (Å²) in [5.74, 6) is -1.74. The highest BCUT2D eigenvalue weighted by Gasteiger charge is 2.21. The van der Waals surface area contributed by atoms with E-state index in [1.165, 1.54) is 23.6 Å². The van der Waals surface area contributed by atoms with E-state index in [0.717, 1.165) is 30.1 Å². The molecule has 0 bridgehead atoms. The standard InChI is InChI=1S/C17H19ClN6O3S/c1-24-7-4-12-11(9-24)22-17(28-12)16(27)20-6-5-19-14(25)15(26)23-13-3-2-10(18)8-21-13/h2-3,8H,4-7,9H2,1H3,(H,19,25)(H,20,27)(H,21,23,26). The lowest BCUT2D eigenvalue weighted by molar-refractivity contribution is -0.136. The van der Waals surface area contributed by atoms with Crippen LogP contribution in [0.5, 0.6) is 0 Å². The Morgan fingerprint density at radius 1 is 1.21 bits per heavy atom. The van der Waals surface area contributed by atoms with Gasteiger partial charge < -0.3 is 20.9 Å². The van der Waals surface area contributed by atoms with E-state index >= 15 is 0 Å². The first-order valence-electron chi connectivity index (χ1n) is 8.58. The Bertz CT molecular complexity index is 886. The fourth-order valence-corrected chi connectivity index (χ4v) is 3.64. The third kappa shape index (κ3) is 5.24. The predicted octanol–water partition coefficient (Wildman–Crippen LogP) is 0.664. The van der Waals surface area contributed by atoms with Crippen molar-refractivity contribution >= 4 is 46.5 Å². The number of anilines is 1. The van der Waals surface area contributed by atoms with Gasteiger partial charge in [-0.1, -0.05) is 11.6 Å². The van der Waals surface area contributed by atoms with Crippen molar-refractivity contribution in [2.75, 3.05) is 32.0 Å². The molecule has 0 atom stereocenters. The molecule has 9 nitrogen and oxygen atoms in total. The molecule has 148 valence electrons. The molecule has 0 aliphatic carbocycles. The molecule has 1 aliphatic rings. The number of carbonyl (C=O) groups is 3. The summed E-state index contributed by atoms with van der Waals surface area (Å²) in [7, 11) is 2.02. The van der Waals surface area contributed by atoms with E-state index in [0.29, 0.717) is 10.0 Å². The number of fused-ring (bicyclic) bond motifs is 1. The summed E-state index contributed by atoms with van der Waals surface area (Å²) in [6, 6.07) is 3.03. The minimum absolute atomic E-state index is 0.111. The van der Waals surface area contributed by atoms with Crippen LogP contribution in [0.4, 0.5) is 5.82 Å². The number of carbonyl (C=O) groups excluding carboxylic acids is 3. The Kier molecular flexibility index (Phi) is 6.55. The minimum atomic E-state index is -0.849. The molecule has 0 spiro atoms. The molecule has 0 fully saturated rings. The zero-order chi connectivity index (χ0) is 20.1. The topological polar surface area (TPSA) is 116 Å². The molecule has 0 saturated carbocycles. The second-order valence-electron chi connectivity index (χ2n) is 6.20. The highest BCUT2D eigenvalue weighted by Crippen LogP contribution is 2.24. The minimum Gasteiger partial charge on any atom is -0.348 e. The number of amides is 3.